The molecule has 0 radical (unpaired) electrons. The molecule has 2 aliphatic carbocycles. The standard InChI is InChI=1S/C51H62N2O12/c1-3-6-36-14-16-41(24-39(36)22-35(31-62-2)30-53-18-17-33(28-52)29-53)64-49-51(61)27-42(43(55)7-5-20-63-44(8-4-19-54)46(65-49)45(56)47(51)57)38-13-15-40-23-34(25-50(40,60)26-38)21-32-9-11-37(12-10-32)48(58)59/h3,9-18,24,29,34-35,38,40,42-47,49,54-57,60-61H,1,4,6-8,19,21-23,25-27,30-31H2,2H3,(H,58,59)/t34-,35+,38+,40-,42+,43-,44-,45+,46+,47-,49-,50+,51+/m0/s1. The van der Waals surface area contributed by atoms with Gasteiger partial charge < -0.3 is 59.3 Å². The lowest BCUT2D eigenvalue weighted by Gasteiger charge is -2.51. The van der Waals surface area contributed by atoms with E-state index >= 15 is 0 Å². The van der Waals surface area contributed by atoms with Crippen molar-refractivity contribution in [2.24, 2.45) is 29.6 Å². The van der Waals surface area contributed by atoms with E-state index in [9.17, 15) is 45.8 Å². The number of aromatic carboxylic acids is 1. The van der Waals surface area contributed by atoms with E-state index in [0.717, 1.165) is 16.7 Å². The van der Waals surface area contributed by atoms with Crippen molar-refractivity contribution in [1.29, 1.82) is 5.26 Å². The molecule has 0 spiro atoms. The molecule has 2 aromatic carbocycles. The number of carbonyl (C=O) groups is 1. The number of carboxylic acid groups (broad SMARTS) is 1. The van der Waals surface area contributed by atoms with Crippen LogP contribution in [0.4, 0.5) is 0 Å². The maximum Gasteiger partial charge on any atom is 0.335 e. The van der Waals surface area contributed by atoms with Crippen LogP contribution in [-0.2, 0) is 40.0 Å². The SMILES string of the molecule is C=CCc1ccc(O[C@H]2O[C@H]3[C@@H](O)[C@H](O)[C@]2(O)C[C@H]([C@@H]2C=C[C@H]4C[C@H](Cc5ccc(C(=O)O)cc5)C[C@@]4(O)C2)[C@@H](O)CC#CO[C@H]3CCCO)cc1C[C@@H](COC)Cn1ccc(C#N)c1. The summed E-state index contributed by atoms with van der Waals surface area (Å²) in [5.74, 6) is 0.815. The van der Waals surface area contributed by atoms with E-state index < -0.39 is 65.8 Å². The van der Waals surface area contributed by atoms with E-state index in [1.54, 1.807) is 55.8 Å². The molecular weight excluding hydrogens is 833 g/mol. The van der Waals surface area contributed by atoms with E-state index in [-0.39, 0.29) is 62.0 Å². The van der Waals surface area contributed by atoms with Gasteiger partial charge in [-0.3, -0.25) is 0 Å². The smallest absolute Gasteiger partial charge is 0.335 e. The molecule has 1 aromatic heterocycles. The summed E-state index contributed by atoms with van der Waals surface area (Å²) in [6, 6.07) is 16.2. The predicted molar refractivity (Wildman–Crippen MR) is 238 cm³/mol. The average molecular weight is 895 g/mol. The first kappa shape index (κ1) is 47.9. The topological polar surface area (TPSA) is 224 Å². The van der Waals surface area contributed by atoms with E-state index in [4.69, 9.17) is 18.9 Å². The Labute approximate surface area is 380 Å². The Kier molecular flexibility index (Phi) is 15.6. The summed E-state index contributed by atoms with van der Waals surface area (Å²) < 4.78 is 26.6. The molecule has 3 aromatic rings. The Bertz CT molecular complexity index is 2240. The van der Waals surface area contributed by atoms with Gasteiger partial charge in [-0.25, -0.2) is 4.79 Å². The predicted octanol–water partition coefficient (Wildman–Crippen LogP) is 4.31. The highest BCUT2D eigenvalue weighted by Gasteiger charge is 2.60. The van der Waals surface area contributed by atoms with Gasteiger partial charge in [-0.2, -0.15) is 5.26 Å². The molecule has 2 fully saturated rings. The van der Waals surface area contributed by atoms with Crippen LogP contribution >= 0.6 is 0 Å². The van der Waals surface area contributed by atoms with Gasteiger partial charge in [0.1, 0.15) is 42.3 Å². The van der Waals surface area contributed by atoms with Crippen LogP contribution in [0, 0.1) is 52.9 Å². The number of ether oxygens (including phenoxy) is 4. The number of fused-ring (bicyclic) bond motifs is 9. The summed E-state index contributed by atoms with van der Waals surface area (Å²) in [5, 5.41) is 89.4. The van der Waals surface area contributed by atoms with Gasteiger partial charge in [-0.15, -0.1) is 6.58 Å². The van der Waals surface area contributed by atoms with Crippen molar-refractivity contribution in [3.63, 3.8) is 0 Å². The molecule has 0 unspecified atom stereocenters. The van der Waals surface area contributed by atoms with Crippen molar-refractivity contribution in [3.8, 4) is 23.8 Å². The minimum absolute atomic E-state index is 0.0150. The van der Waals surface area contributed by atoms with E-state index in [2.05, 4.69) is 24.7 Å². The number of hydrogen-bond donors (Lipinski definition) is 7. The lowest BCUT2D eigenvalue weighted by molar-refractivity contribution is -0.334. The molecule has 4 heterocycles. The van der Waals surface area contributed by atoms with Gasteiger partial charge in [-0.05, 0) is 123 Å². The first-order valence-corrected chi connectivity index (χ1v) is 22.6. The van der Waals surface area contributed by atoms with Gasteiger partial charge in [-0.1, -0.05) is 42.3 Å². The number of methoxy groups -OCH3 is 1. The highest BCUT2D eigenvalue weighted by Crippen LogP contribution is 2.51. The van der Waals surface area contributed by atoms with Crippen molar-refractivity contribution in [3.05, 3.63) is 114 Å². The number of aliphatic hydroxyl groups excluding tert-OH is 4. The molecule has 3 aliphatic heterocycles. The molecule has 14 nitrogen and oxygen atoms in total. The molecule has 7 N–H and O–H groups in total. The normalized spacial score (nSPS) is 32.4. The average Bonchev–Trinajstić information content (AvgIpc) is 3.88. The Morgan fingerprint density at radius 2 is 1.89 bits per heavy atom. The molecule has 1 saturated heterocycles. The first-order valence-electron chi connectivity index (χ1n) is 22.6. The summed E-state index contributed by atoms with van der Waals surface area (Å²) in [7, 11) is 1.64. The third-order valence-corrected chi connectivity index (χ3v) is 13.9. The van der Waals surface area contributed by atoms with Crippen LogP contribution in [0.15, 0.2) is 85.7 Å². The highest BCUT2D eigenvalue weighted by molar-refractivity contribution is 5.87. The van der Waals surface area contributed by atoms with Gasteiger partial charge >= 0.3 is 5.97 Å². The molecule has 13 atom stereocenters. The first-order chi connectivity index (χ1) is 31.3. The fraction of sp³-hybridized carbons (Fsp3) is 0.529. The molecule has 1 saturated carbocycles. The minimum Gasteiger partial charge on any atom is -0.478 e. The number of hydrogen-bond acceptors (Lipinski definition) is 12. The van der Waals surface area contributed by atoms with Crippen molar-refractivity contribution in [1.82, 2.24) is 4.57 Å². The quantitative estimate of drug-likeness (QED) is 0.0742. The number of aromatic nitrogens is 1. The Morgan fingerprint density at radius 1 is 1.09 bits per heavy atom. The van der Waals surface area contributed by atoms with Crippen molar-refractivity contribution in [2.75, 3.05) is 20.3 Å². The fourth-order valence-corrected chi connectivity index (χ4v) is 10.7. The van der Waals surface area contributed by atoms with Gasteiger partial charge in [0.25, 0.3) is 0 Å². The zero-order chi connectivity index (χ0) is 46.3. The Morgan fingerprint density at radius 3 is 2.60 bits per heavy atom. The Hall–Kier alpha value is -5.00. The molecule has 65 heavy (non-hydrogen) atoms. The highest BCUT2D eigenvalue weighted by atomic mass is 16.7. The number of nitriles is 1. The minimum atomic E-state index is -2.31. The van der Waals surface area contributed by atoms with Gasteiger partial charge in [0.15, 0.2) is 5.60 Å². The number of allylic oxidation sites excluding steroid dienone is 2. The monoisotopic (exact) mass is 894 g/mol. The van der Waals surface area contributed by atoms with Crippen LogP contribution < -0.4 is 4.74 Å². The van der Waals surface area contributed by atoms with Crippen molar-refractivity contribution >= 4 is 5.97 Å². The third kappa shape index (κ3) is 11.0. The molecule has 2 bridgehead atoms. The molecule has 8 rings (SSSR count). The van der Waals surface area contributed by atoms with Crippen LogP contribution in [0.2, 0.25) is 0 Å². The third-order valence-electron chi connectivity index (χ3n) is 13.9. The van der Waals surface area contributed by atoms with E-state index in [1.807, 2.05) is 35.0 Å². The fourth-order valence-electron chi connectivity index (χ4n) is 10.7. The van der Waals surface area contributed by atoms with E-state index in [1.165, 1.54) is 0 Å². The zero-order valence-electron chi connectivity index (χ0n) is 36.8. The number of nitrogens with zero attached hydrogens (tertiary/aromatic N) is 2. The van der Waals surface area contributed by atoms with Crippen LogP contribution in [0.25, 0.3) is 0 Å². The van der Waals surface area contributed by atoms with Gasteiger partial charge in [0.2, 0.25) is 6.29 Å². The molecule has 14 heteroatoms. The summed E-state index contributed by atoms with van der Waals surface area (Å²) in [5.41, 5.74) is 0.176. The second-order valence-corrected chi connectivity index (χ2v) is 18.6. The maximum absolute atomic E-state index is 12.9. The largest absolute Gasteiger partial charge is 0.478 e. The van der Waals surface area contributed by atoms with Crippen LogP contribution in [0.3, 0.4) is 0 Å². The summed E-state index contributed by atoms with van der Waals surface area (Å²) in [4.78, 5) is 11.4. The summed E-state index contributed by atoms with van der Waals surface area (Å²) in [6.45, 7) is 4.76. The lowest BCUT2D eigenvalue weighted by atomic mass is 9.67. The van der Waals surface area contributed by atoms with Crippen molar-refractivity contribution in [2.45, 2.75) is 119 Å². The number of benzene rings is 2. The maximum atomic E-state index is 12.9. The molecular formula is C51H62N2O12. The number of aliphatic hydroxyl groups is 6. The van der Waals surface area contributed by atoms with Crippen molar-refractivity contribution < 1.29 is 59.5 Å². The van der Waals surface area contributed by atoms with Gasteiger partial charge in [0, 0.05) is 50.9 Å². The number of rotatable bonds is 17. The van der Waals surface area contributed by atoms with Crippen LogP contribution in [0.1, 0.15) is 77.6 Å². The second kappa shape index (κ2) is 21.1. The lowest BCUT2D eigenvalue weighted by Crippen LogP contribution is -2.70. The number of carboxylic acids is 1. The zero-order valence-corrected chi connectivity index (χ0v) is 36.8. The van der Waals surface area contributed by atoms with Crippen LogP contribution in [0.5, 0.6) is 5.75 Å². The Balaban J connectivity index is 1.18. The second-order valence-electron chi connectivity index (χ2n) is 18.6. The van der Waals surface area contributed by atoms with Crippen LogP contribution in [-0.4, -0.2) is 115 Å². The summed E-state index contributed by atoms with van der Waals surface area (Å²) >= 11 is 0. The van der Waals surface area contributed by atoms with E-state index in [0.29, 0.717) is 56.6 Å². The molecule has 0 amide bonds. The summed E-state index contributed by atoms with van der Waals surface area (Å²) in [6.07, 6.45) is 6.82. The molecule has 348 valence electrons. The molecule has 5 aliphatic rings. The van der Waals surface area contributed by atoms with Gasteiger partial charge in [0.05, 0.1) is 29.4 Å².